The number of rotatable bonds is 8. The van der Waals surface area contributed by atoms with Crippen LogP contribution in [0, 0.1) is 0 Å². The van der Waals surface area contributed by atoms with Gasteiger partial charge in [0.25, 0.3) is 0 Å². The lowest BCUT2D eigenvalue weighted by Crippen LogP contribution is -2.24. The summed E-state index contributed by atoms with van der Waals surface area (Å²) in [7, 11) is 0. The van der Waals surface area contributed by atoms with Crippen molar-refractivity contribution >= 4 is 44.6 Å². The molecule has 10 aromatic rings. The number of hydrogen-bond acceptors (Lipinski definition) is 4. The normalized spacial score (nSPS) is 13.2. The second-order valence-electron chi connectivity index (χ2n) is 17.0. The van der Waals surface area contributed by atoms with Crippen molar-refractivity contribution in [2.45, 2.75) is 26.2 Å². The predicted octanol–water partition coefficient (Wildman–Crippen LogP) is 15.5. The van der Waals surface area contributed by atoms with Crippen LogP contribution in [0.15, 0.2) is 212 Å². The number of hydrogen-bond donors (Lipinski definition) is 0. The Kier molecular flexibility index (Phi) is 8.58. The molecule has 0 saturated heterocycles. The summed E-state index contributed by atoms with van der Waals surface area (Å²) < 4.78 is 36.1. The Morgan fingerprint density at radius 2 is 1.13 bits per heavy atom. The molecule has 0 amide bonds. The zero-order valence-electron chi connectivity index (χ0n) is 38.4. The third-order valence-corrected chi connectivity index (χ3v) is 12.0. The van der Waals surface area contributed by atoms with E-state index in [2.05, 4.69) is 154 Å². The summed E-state index contributed by atoms with van der Waals surface area (Å²) in [6.07, 6.45) is -0.161. The number of anilines is 4. The molecule has 2 aromatic heterocycles. The molecular weight excluding hydrogens is 769 g/mol. The van der Waals surface area contributed by atoms with Gasteiger partial charge >= 0.3 is 0 Å². The molecule has 0 radical (unpaired) electrons. The Bertz CT molecular complexity index is 3400. The van der Waals surface area contributed by atoms with Crippen molar-refractivity contribution in [1.82, 2.24) is 9.55 Å². The summed E-state index contributed by atoms with van der Waals surface area (Å²) in [4.78, 5) is 9.43. The summed E-state index contributed by atoms with van der Waals surface area (Å²) in [5, 5.41) is 1.97. The second kappa shape index (κ2) is 15.5. The molecule has 0 saturated carbocycles. The van der Waals surface area contributed by atoms with Gasteiger partial charge in [-0.1, -0.05) is 166 Å². The van der Waals surface area contributed by atoms with E-state index in [9.17, 15) is 1.37 Å². The van der Waals surface area contributed by atoms with Gasteiger partial charge in [0, 0.05) is 45.9 Å². The van der Waals surface area contributed by atoms with Gasteiger partial charge < -0.3 is 14.5 Å². The summed E-state index contributed by atoms with van der Waals surface area (Å²) in [6.45, 7) is 6.51. The minimum atomic E-state index is -0.558. The number of ether oxygens (including phenoxy) is 1. The Balaban J connectivity index is 1.04. The van der Waals surface area contributed by atoms with Crippen molar-refractivity contribution in [3.8, 4) is 50.7 Å². The molecule has 0 atom stereocenters. The van der Waals surface area contributed by atoms with Gasteiger partial charge in [0.05, 0.1) is 32.2 Å². The highest BCUT2D eigenvalue weighted by atomic mass is 16.5. The summed E-state index contributed by atoms with van der Waals surface area (Å²) >= 11 is 0. The molecule has 8 aromatic carbocycles. The number of para-hydroxylation sites is 4. The fourth-order valence-corrected chi connectivity index (χ4v) is 9.00. The molecule has 0 aliphatic carbocycles. The number of nitrogens with zero attached hydrogens (tertiary/aromatic N) is 4. The number of fused-ring (bicyclic) bond motifs is 4. The number of pyridine rings is 1. The van der Waals surface area contributed by atoms with Crippen LogP contribution in [0.3, 0.4) is 0 Å². The Labute approximate surface area is 373 Å². The van der Waals surface area contributed by atoms with E-state index in [1.807, 2.05) is 79.9 Å². The first-order chi connectivity index (χ1) is 32.1. The van der Waals surface area contributed by atoms with Crippen LogP contribution in [0.25, 0.3) is 61.0 Å². The lowest BCUT2D eigenvalue weighted by Gasteiger charge is -2.27. The Morgan fingerprint density at radius 3 is 1.79 bits per heavy atom. The maximum absolute atomic E-state index is 9.53. The molecule has 1 aliphatic rings. The van der Waals surface area contributed by atoms with Crippen LogP contribution in [-0.2, 0) is 5.41 Å². The van der Waals surface area contributed by atoms with Crippen molar-refractivity contribution in [2.75, 3.05) is 16.5 Å². The third-order valence-electron chi connectivity index (χ3n) is 12.0. The van der Waals surface area contributed by atoms with E-state index in [1.54, 1.807) is 0 Å². The largest absolute Gasteiger partial charge is 0.457 e. The Morgan fingerprint density at radius 1 is 0.540 bits per heavy atom. The summed E-state index contributed by atoms with van der Waals surface area (Å²) in [6, 6.07) is 67.3. The number of benzene rings is 8. The fraction of sp³-hybridized carbons (Fsp3) is 0.0862. The van der Waals surface area contributed by atoms with Crippen molar-refractivity contribution in [1.29, 1.82) is 0 Å². The van der Waals surface area contributed by atoms with Crippen LogP contribution in [0.4, 0.5) is 22.7 Å². The average Bonchev–Trinajstić information content (AvgIpc) is 3.89. The smallest absolute Gasteiger partial charge is 0.137 e. The molecule has 0 bridgehead atoms. The maximum atomic E-state index is 9.53. The van der Waals surface area contributed by atoms with Gasteiger partial charge in [-0.25, -0.2) is 4.98 Å². The monoisotopic (exact) mass is 817 g/mol. The Hall–Kier alpha value is -7.89. The van der Waals surface area contributed by atoms with Crippen LogP contribution in [0.5, 0.6) is 11.5 Å². The molecular formula is C58H46N4O. The van der Waals surface area contributed by atoms with Crippen LogP contribution in [-0.4, -0.2) is 16.2 Å². The third kappa shape index (κ3) is 6.88. The highest BCUT2D eigenvalue weighted by molar-refractivity contribution is 6.16. The number of aromatic nitrogens is 2. The van der Waals surface area contributed by atoms with Gasteiger partial charge in [-0.15, -0.1) is 0 Å². The first kappa shape index (κ1) is 34.8. The van der Waals surface area contributed by atoms with E-state index in [0.717, 1.165) is 77.9 Å². The van der Waals surface area contributed by atoms with E-state index in [-0.39, 0.29) is 18.3 Å². The van der Waals surface area contributed by atoms with Crippen molar-refractivity contribution in [2.24, 2.45) is 0 Å². The lowest BCUT2D eigenvalue weighted by molar-refractivity contribution is 0.483. The topological polar surface area (TPSA) is 33.5 Å². The van der Waals surface area contributed by atoms with E-state index in [0.29, 0.717) is 29.5 Å². The van der Waals surface area contributed by atoms with Gasteiger partial charge in [-0.3, -0.25) is 4.57 Å². The molecule has 0 fully saturated rings. The van der Waals surface area contributed by atoms with Crippen molar-refractivity contribution in [3.05, 3.63) is 218 Å². The molecule has 304 valence electrons. The first-order valence-corrected chi connectivity index (χ1v) is 21.4. The molecule has 0 unspecified atom stereocenters. The molecule has 5 heteroatoms. The van der Waals surface area contributed by atoms with E-state index >= 15 is 0 Å². The highest BCUT2D eigenvalue weighted by Crippen LogP contribution is 2.50. The van der Waals surface area contributed by atoms with Crippen molar-refractivity contribution in [3.63, 3.8) is 0 Å². The van der Waals surface area contributed by atoms with E-state index < -0.39 is 5.41 Å². The second-order valence-corrected chi connectivity index (χ2v) is 17.0. The predicted molar refractivity (Wildman–Crippen MR) is 262 cm³/mol. The van der Waals surface area contributed by atoms with Gasteiger partial charge in [0.15, 0.2) is 0 Å². The average molecular weight is 818 g/mol. The first-order valence-electron chi connectivity index (χ1n) is 22.9. The lowest BCUT2D eigenvalue weighted by atomic mass is 9.88. The molecule has 0 N–H and O–H groups in total. The van der Waals surface area contributed by atoms with Crippen LogP contribution in [0.1, 0.15) is 30.4 Å². The highest BCUT2D eigenvalue weighted by Gasteiger charge is 2.31. The quantitative estimate of drug-likeness (QED) is 0.153. The van der Waals surface area contributed by atoms with Gasteiger partial charge in [0.1, 0.15) is 24.0 Å². The molecule has 0 spiro atoms. The van der Waals surface area contributed by atoms with Crippen LogP contribution < -0.4 is 14.5 Å². The van der Waals surface area contributed by atoms with Crippen LogP contribution >= 0.6 is 0 Å². The molecule has 3 heterocycles. The van der Waals surface area contributed by atoms with Crippen LogP contribution in [0.2, 0.25) is 0 Å². The summed E-state index contributed by atoms with van der Waals surface area (Å²) in [5.41, 5.74) is 12.5. The van der Waals surface area contributed by atoms with Gasteiger partial charge in [0.2, 0.25) is 0 Å². The molecule has 11 rings (SSSR count). The molecule has 63 heavy (non-hydrogen) atoms. The standard InChI is InChI=1S/C58H46N4O/c1-58(2,3)43-33-34-59-55(35-43)62-51-30-14-13-27-49(51)56-50(42-23-11-6-12-24-42)37-46(38-54(56)62)63-45-26-17-25-44(36-45)60-39-61(53-32-16-15-31-52(53)60)57-47(40-19-7-4-8-20-40)28-18-29-48(57)41-21-9-5-10-22-41/h4-38H,39H2,1-3H3/i33D,34D,35D. The molecule has 5 nitrogen and oxygen atoms in total. The summed E-state index contributed by atoms with van der Waals surface area (Å²) in [5.74, 6) is 1.59. The zero-order valence-corrected chi connectivity index (χ0v) is 35.4. The zero-order chi connectivity index (χ0) is 45.1. The van der Waals surface area contributed by atoms with Crippen molar-refractivity contribution < 1.29 is 8.85 Å². The minimum Gasteiger partial charge on any atom is -0.457 e. The molecule has 1 aliphatic heterocycles. The maximum Gasteiger partial charge on any atom is 0.137 e. The van der Waals surface area contributed by atoms with Gasteiger partial charge in [-0.05, 0) is 81.7 Å². The van der Waals surface area contributed by atoms with Gasteiger partial charge in [-0.2, -0.15) is 0 Å². The van der Waals surface area contributed by atoms with E-state index in [1.165, 1.54) is 0 Å². The fourth-order valence-electron chi connectivity index (χ4n) is 9.00. The SMILES string of the molecule is [2H]c1nc(-n2c3ccccc3c3c(-c4ccccc4)cc(Oc4cccc(N5CN(c6c(-c7ccccc7)cccc6-c6ccccc6)c6ccccc65)c4)cc32)c([2H])c(C(C)(C)C)c1[2H]. The van der Waals surface area contributed by atoms with E-state index in [4.69, 9.17) is 7.48 Å². The minimum absolute atomic E-state index is 0.0216.